The lowest BCUT2D eigenvalue weighted by atomic mass is 9.88. The van der Waals surface area contributed by atoms with Crippen LogP contribution in [-0.2, 0) is 14.3 Å². The van der Waals surface area contributed by atoms with Crippen molar-refractivity contribution in [2.24, 2.45) is 11.8 Å². The van der Waals surface area contributed by atoms with Crippen LogP contribution in [0.25, 0.3) is 0 Å². The summed E-state index contributed by atoms with van der Waals surface area (Å²) in [7, 11) is 0. The van der Waals surface area contributed by atoms with Crippen LogP contribution in [-0.4, -0.2) is 18.4 Å². The highest BCUT2D eigenvalue weighted by Crippen LogP contribution is 2.35. The minimum atomic E-state index is -0.149. The maximum atomic E-state index is 11.7. The maximum absolute atomic E-state index is 11.7. The Labute approximate surface area is 97.5 Å². The molecule has 0 spiro atoms. The average molecular weight is 226 g/mol. The Morgan fingerprint density at radius 2 is 2.19 bits per heavy atom. The van der Waals surface area contributed by atoms with Crippen LogP contribution >= 0.6 is 0 Å². The van der Waals surface area contributed by atoms with E-state index in [1.165, 1.54) is 0 Å². The standard InChI is InChI=1S/C13H22O3/c1-3-5-6-11-10(7-8-12(11)14)9-13(15)16-4-2/h10-11H,3-9H2,1-2H3. The second kappa shape index (κ2) is 6.66. The smallest absolute Gasteiger partial charge is 0.306 e. The van der Waals surface area contributed by atoms with Gasteiger partial charge in [0.2, 0.25) is 0 Å². The normalized spacial score (nSPS) is 24.8. The molecular formula is C13H22O3. The molecule has 92 valence electrons. The van der Waals surface area contributed by atoms with E-state index < -0.39 is 0 Å². The molecule has 1 saturated carbocycles. The average Bonchev–Trinajstić information content (AvgIpc) is 2.57. The van der Waals surface area contributed by atoms with Crippen LogP contribution in [0.1, 0.15) is 52.4 Å². The van der Waals surface area contributed by atoms with Gasteiger partial charge in [-0.3, -0.25) is 9.59 Å². The molecule has 0 amide bonds. The molecule has 0 aromatic carbocycles. The summed E-state index contributed by atoms with van der Waals surface area (Å²) < 4.78 is 4.94. The molecule has 0 heterocycles. The molecule has 0 bridgehead atoms. The van der Waals surface area contributed by atoms with Crippen molar-refractivity contribution in [2.45, 2.75) is 52.4 Å². The number of hydrogen-bond acceptors (Lipinski definition) is 3. The van der Waals surface area contributed by atoms with E-state index in [9.17, 15) is 9.59 Å². The Morgan fingerprint density at radius 1 is 1.44 bits per heavy atom. The summed E-state index contributed by atoms with van der Waals surface area (Å²) in [5.74, 6) is 0.550. The molecule has 3 heteroatoms. The predicted molar refractivity (Wildman–Crippen MR) is 62.0 cm³/mol. The number of carbonyl (C=O) groups is 2. The zero-order valence-corrected chi connectivity index (χ0v) is 10.3. The third-order valence-electron chi connectivity index (χ3n) is 3.35. The molecule has 0 saturated heterocycles. The van der Waals surface area contributed by atoms with Crippen molar-refractivity contribution in [3.63, 3.8) is 0 Å². The van der Waals surface area contributed by atoms with Gasteiger partial charge >= 0.3 is 5.97 Å². The number of hydrogen-bond donors (Lipinski definition) is 0. The third kappa shape index (κ3) is 3.62. The fourth-order valence-electron chi connectivity index (χ4n) is 2.48. The number of ether oxygens (including phenoxy) is 1. The number of rotatable bonds is 6. The molecule has 1 aliphatic carbocycles. The van der Waals surface area contributed by atoms with Gasteiger partial charge in [0.05, 0.1) is 6.61 Å². The van der Waals surface area contributed by atoms with Gasteiger partial charge in [-0.2, -0.15) is 0 Å². The predicted octanol–water partition coefficient (Wildman–Crippen LogP) is 2.73. The van der Waals surface area contributed by atoms with E-state index in [1.54, 1.807) is 0 Å². The molecule has 16 heavy (non-hydrogen) atoms. The van der Waals surface area contributed by atoms with Crippen molar-refractivity contribution in [1.82, 2.24) is 0 Å². The van der Waals surface area contributed by atoms with Gasteiger partial charge in [-0.05, 0) is 25.7 Å². The molecule has 2 atom stereocenters. The van der Waals surface area contributed by atoms with Crippen LogP contribution < -0.4 is 0 Å². The van der Waals surface area contributed by atoms with Gasteiger partial charge in [-0.1, -0.05) is 19.8 Å². The summed E-state index contributed by atoms with van der Waals surface area (Å²) in [6, 6.07) is 0. The molecule has 0 radical (unpaired) electrons. The quantitative estimate of drug-likeness (QED) is 0.654. The first-order chi connectivity index (χ1) is 7.69. The molecule has 0 N–H and O–H groups in total. The highest BCUT2D eigenvalue weighted by molar-refractivity contribution is 5.84. The number of Topliss-reactive ketones (excluding diaryl/α,β-unsaturated/α-hetero) is 1. The van der Waals surface area contributed by atoms with E-state index in [0.717, 1.165) is 25.7 Å². The Balaban J connectivity index is 2.44. The summed E-state index contributed by atoms with van der Waals surface area (Å²) in [5.41, 5.74) is 0. The lowest BCUT2D eigenvalue weighted by Crippen LogP contribution is -2.19. The zero-order valence-electron chi connectivity index (χ0n) is 10.3. The van der Waals surface area contributed by atoms with Crippen molar-refractivity contribution < 1.29 is 14.3 Å². The van der Waals surface area contributed by atoms with E-state index >= 15 is 0 Å². The second-order valence-electron chi connectivity index (χ2n) is 4.52. The molecule has 3 nitrogen and oxygen atoms in total. The SMILES string of the molecule is CCCCC1C(=O)CCC1CC(=O)OCC. The molecular weight excluding hydrogens is 204 g/mol. The Morgan fingerprint density at radius 3 is 2.81 bits per heavy atom. The van der Waals surface area contributed by atoms with E-state index in [0.29, 0.717) is 25.2 Å². The molecule has 1 rings (SSSR count). The minimum Gasteiger partial charge on any atom is -0.466 e. The van der Waals surface area contributed by atoms with Crippen molar-refractivity contribution in [1.29, 1.82) is 0 Å². The van der Waals surface area contributed by atoms with Gasteiger partial charge in [-0.25, -0.2) is 0 Å². The van der Waals surface area contributed by atoms with Crippen molar-refractivity contribution >= 4 is 11.8 Å². The van der Waals surface area contributed by atoms with Crippen LogP contribution in [0.15, 0.2) is 0 Å². The number of unbranched alkanes of at least 4 members (excludes halogenated alkanes) is 1. The van der Waals surface area contributed by atoms with Gasteiger partial charge in [0.15, 0.2) is 0 Å². The van der Waals surface area contributed by atoms with E-state index in [2.05, 4.69) is 6.92 Å². The Kier molecular flexibility index (Phi) is 5.50. The highest BCUT2D eigenvalue weighted by atomic mass is 16.5. The first-order valence-corrected chi connectivity index (χ1v) is 6.37. The summed E-state index contributed by atoms with van der Waals surface area (Å²) in [5, 5.41) is 0. The third-order valence-corrected chi connectivity index (χ3v) is 3.35. The van der Waals surface area contributed by atoms with E-state index in [1.807, 2.05) is 6.92 Å². The van der Waals surface area contributed by atoms with Gasteiger partial charge < -0.3 is 4.74 Å². The maximum Gasteiger partial charge on any atom is 0.306 e. The van der Waals surface area contributed by atoms with Crippen LogP contribution in [0, 0.1) is 11.8 Å². The van der Waals surface area contributed by atoms with E-state index in [4.69, 9.17) is 4.74 Å². The van der Waals surface area contributed by atoms with E-state index in [-0.39, 0.29) is 17.8 Å². The second-order valence-corrected chi connectivity index (χ2v) is 4.52. The number of ketones is 1. The largest absolute Gasteiger partial charge is 0.466 e. The molecule has 0 aliphatic heterocycles. The first kappa shape index (κ1) is 13.2. The summed E-state index contributed by atoms with van der Waals surface area (Å²) >= 11 is 0. The van der Waals surface area contributed by atoms with Crippen LogP contribution in [0.5, 0.6) is 0 Å². The van der Waals surface area contributed by atoms with Crippen molar-refractivity contribution in [3.05, 3.63) is 0 Å². The summed E-state index contributed by atoms with van der Waals surface area (Å²) in [4.78, 5) is 23.1. The lowest BCUT2D eigenvalue weighted by Gasteiger charge is -2.16. The van der Waals surface area contributed by atoms with Crippen LogP contribution in [0.3, 0.4) is 0 Å². The fraction of sp³-hybridized carbons (Fsp3) is 0.846. The number of esters is 1. The van der Waals surface area contributed by atoms with Gasteiger partial charge in [0.25, 0.3) is 0 Å². The fourth-order valence-corrected chi connectivity index (χ4v) is 2.48. The molecule has 0 aromatic rings. The molecule has 0 aromatic heterocycles. The molecule has 1 fully saturated rings. The summed E-state index contributed by atoms with van der Waals surface area (Å²) in [6.07, 6.45) is 5.07. The van der Waals surface area contributed by atoms with Crippen LogP contribution in [0.4, 0.5) is 0 Å². The van der Waals surface area contributed by atoms with Gasteiger partial charge in [0.1, 0.15) is 5.78 Å². The lowest BCUT2D eigenvalue weighted by molar-refractivity contribution is -0.144. The van der Waals surface area contributed by atoms with Gasteiger partial charge in [0, 0.05) is 18.8 Å². The first-order valence-electron chi connectivity index (χ1n) is 6.37. The van der Waals surface area contributed by atoms with Gasteiger partial charge in [-0.15, -0.1) is 0 Å². The summed E-state index contributed by atoms with van der Waals surface area (Å²) in [6.45, 7) is 4.37. The minimum absolute atomic E-state index is 0.115. The topological polar surface area (TPSA) is 43.4 Å². The highest BCUT2D eigenvalue weighted by Gasteiger charge is 2.35. The Bertz CT molecular complexity index is 248. The van der Waals surface area contributed by atoms with Crippen LogP contribution in [0.2, 0.25) is 0 Å². The number of carbonyl (C=O) groups excluding carboxylic acids is 2. The Hall–Kier alpha value is -0.860. The zero-order chi connectivity index (χ0) is 12.0. The molecule has 1 aliphatic rings. The monoisotopic (exact) mass is 226 g/mol. The van der Waals surface area contributed by atoms with Crippen molar-refractivity contribution in [3.8, 4) is 0 Å². The van der Waals surface area contributed by atoms with Crippen molar-refractivity contribution in [2.75, 3.05) is 6.61 Å². The molecule has 2 unspecified atom stereocenters.